The van der Waals surface area contributed by atoms with Gasteiger partial charge in [0.25, 0.3) is 0 Å². The summed E-state index contributed by atoms with van der Waals surface area (Å²) >= 11 is 0. The maximum absolute atomic E-state index is 10.4. The van der Waals surface area contributed by atoms with Crippen molar-refractivity contribution in [2.75, 3.05) is 0 Å². The topological polar surface area (TPSA) is 61.6 Å². The lowest BCUT2D eigenvalue weighted by atomic mass is 9.78. The Morgan fingerprint density at radius 3 is 1.81 bits per heavy atom. The van der Waals surface area contributed by atoms with E-state index in [-0.39, 0.29) is 18.3 Å². The Bertz CT molecular complexity index is 810. The van der Waals surface area contributed by atoms with Crippen LogP contribution in [0.25, 0.3) is 17.2 Å². The fraction of sp³-hybridized carbons (Fsp3) is 0.300. The van der Waals surface area contributed by atoms with Crippen LogP contribution >= 0.6 is 0 Å². The molecule has 0 amide bonds. The molecule has 0 aromatic heterocycles. The van der Waals surface area contributed by atoms with E-state index < -0.39 is 4.92 Å². The van der Waals surface area contributed by atoms with Crippen LogP contribution in [0.2, 0.25) is 0 Å². The van der Waals surface area contributed by atoms with E-state index in [4.69, 9.17) is 9.31 Å². The van der Waals surface area contributed by atoms with Gasteiger partial charge >= 0.3 is 7.12 Å². The third-order valence-electron chi connectivity index (χ3n) is 5.07. The second-order valence-corrected chi connectivity index (χ2v) is 7.43. The lowest BCUT2D eigenvalue weighted by molar-refractivity contribution is -0.400. The van der Waals surface area contributed by atoms with E-state index in [1.807, 2.05) is 76.2 Å². The summed E-state index contributed by atoms with van der Waals surface area (Å²) in [5.41, 5.74) is 3.17. The molecule has 0 radical (unpaired) electrons. The molecule has 0 aliphatic carbocycles. The molecule has 0 unspecified atom stereocenters. The molecule has 0 N–H and O–H groups in total. The number of nitro groups is 1. The van der Waals surface area contributed by atoms with E-state index in [0.29, 0.717) is 0 Å². The number of hydrogen-bond acceptors (Lipinski definition) is 4. The van der Waals surface area contributed by atoms with Gasteiger partial charge in [0.05, 0.1) is 16.1 Å². The highest BCUT2D eigenvalue weighted by atomic mass is 16.7. The minimum absolute atomic E-state index is 0.358. The molecule has 3 rings (SSSR count). The maximum atomic E-state index is 10.4. The normalized spacial score (nSPS) is 18.4. The van der Waals surface area contributed by atoms with Crippen molar-refractivity contribution in [3.05, 3.63) is 70.4 Å². The second-order valence-electron chi connectivity index (χ2n) is 7.43. The van der Waals surface area contributed by atoms with Gasteiger partial charge in [0.2, 0.25) is 6.20 Å². The Morgan fingerprint density at radius 1 is 0.885 bits per heavy atom. The van der Waals surface area contributed by atoms with Crippen LogP contribution in [-0.4, -0.2) is 23.2 Å². The van der Waals surface area contributed by atoms with Crippen molar-refractivity contribution < 1.29 is 14.2 Å². The molecule has 1 aliphatic rings. The Balaban J connectivity index is 1.75. The average molecular weight is 351 g/mol. The predicted octanol–water partition coefficient (Wildman–Crippen LogP) is 3.90. The van der Waals surface area contributed by atoms with E-state index in [9.17, 15) is 10.1 Å². The minimum atomic E-state index is -0.470. The second kappa shape index (κ2) is 6.70. The first-order valence-corrected chi connectivity index (χ1v) is 8.56. The van der Waals surface area contributed by atoms with Crippen LogP contribution in [0, 0.1) is 10.1 Å². The van der Waals surface area contributed by atoms with E-state index in [1.54, 1.807) is 0 Å². The van der Waals surface area contributed by atoms with Crippen LogP contribution in [0.3, 0.4) is 0 Å². The number of benzene rings is 2. The van der Waals surface area contributed by atoms with Gasteiger partial charge in [-0.1, -0.05) is 48.5 Å². The van der Waals surface area contributed by atoms with Crippen LogP contribution in [0.4, 0.5) is 0 Å². The van der Waals surface area contributed by atoms with Crippen molar-refractivity contribution in [1.82, 2.24) is 0 Å². The molecule has 1 aliphatic heterocycles. The molecular formula is C20H22BNO4. The number of rotatable bonds is 4. The molecule has 2 aromatic carbocycles. The Labute approximate surface area is 153 Å². The number of hydrogen-bond donors (Lipinski definition) is 0. The van der Waals surface area contributed by atoms with Crippen LogP contribution in [0.5, 0.6) is 0 Å². The summed E-state index contributed by atoms with van der Waals surface area (Å²) in [6.07, 6.45) is 2.42. The summed E-state index contributed by atoms with van der Waals surface area (Å²) in [7, 11) is -0.372. The SMILES string of the molecule is CC1(C)OB(c2ccc(-c3ccc(C=C[N+](=O)[O-])cc3)cc2)OC1(C)C. The molecule has 0 atom stereocenters. The maximum Gasteiger partial charge on any atom is 0.494 e. The van der Waals surface area contributed by atoms with Gasteiger partial charge in [0.15, 0.2) is 0 Å². The van der Waals surface area contributed by atoms with E-state index in [0.717, 1.165) is 28.4 Å². The van der Waals surface area contributed by atoms with Gasteiger partial charge in [-0.2, -0.15) is 0 Å². The van der Waals surface area contributed by atoms with Crippen molar-refractivity contribution >= 4 is 18.7 Å². The lowest BCUT2D eigenvalue weighted by Crippen LogP contribution is -2.41. The predicted molar refractivity (Wildman–Crippen MR) is 104 cm³/mol. The molecule has 26 heavy (non-hydrogen) atoms. The highest BCUT2D eigenvalue weighted by Gasteiger charge is 2.51. The molecule has 2 aromatic rings. The van der Waals surface area contributed by atoms with Gasteiger partial charge in [-0.05, 0) is 49.8 Å². The van der Waals surface area contributed by atoms with Crippen LogP contribution < -0.4 is 5.46 Å². The fourth-order valence-corrected chi connectivity index (χ4v) is 2.75. The fourth-order valence-electron chi connectivity index (χ4n) is 2.75. The number of nitrogens with zero attached hydrogens (tertiary/aromatic N) is 1. The quantitative estimate of drug-likeness (QED) is 0.476. The van der Waals surface area contributed by atoms with E-state index in [1.165, 1.54) is 6.08 Å². The van der Waals surface area contributed by atoms with Crippen LogP contribution in [-0.2, 0) is 9.31 Å². The van der Waals surface area contributed by atoms with Gasteiger partial charge in [0.1, 0.15) is 0 Å². The monoisotopic (exact) mass is 351 g/mol. The van der Waals surface area contributed by atoms with Crippen molar-refractivity contribution in [2.45, 2.75) is 38.9 Å². The molecule has 134 valence electrons. The van der Waals surface area contributed by atoms with Gasteiger partial charge in [-0.15, -0.1) is 0 Å². The standard InChI is InChI=1S/C20H22BNO4/c1-19(2)20(3,4)26-21(25-19)18-11-9-17(10-12-18)16-7-5-15(6-8-16)13-14-22(23)24/h5-14H,1-4H3. The van der Waals surface area contributed by atoms with Crippen molar-refractivity contribution in [3.63, 3.8) is 0 Å². The van der Waals surface area contributed by atoms with Gasteiger partial charge in [0, 0.05) is 6.08 Å². The molecule has 1 saturated heterocycles. The zero-order valence-corrected chi connectivity index (χ0v) is 15.4. The summed E-state index contributed by atoms with van der Waals surface area (Å²) < 4.78 is 12.1. The zero-order chi connectivity index (χ0) is 18.9. The van der Waals surface area contributed by atoms with Crippen molar-refractivity contribution in [2.24, 2.45) is 0 Å². The molecule has 0 saturated carbocycles. The summed E-state index contributed by atoms with van der Waals surface area (Å²) in [4.78, 5) is 9.91. The van der Waals surface area contributed by atoms with E-state index >= 15 is 0 Å². The van der Waals surface area contributed by atoms with E-state index in [2.05, 4.69) is 0 Å². The first kappa shape index (κ1) is 18.4. The largest absolute Gasteiger partial charge is 0.494 e. The van der Waals surface area contributed by atoms with Crippen molar-refractivity contribution in [3.8, 4) is 11.1 Å². The smallest absolute Gasteiger partial charge is 0.399 e. The van der Waals surface area contributed by atoms with Crippen LogP contribution in [0.15, 0.2) is 54.7 Å². The average Bonchev–Trinajstić information content (AvgIpc) is 2.81. The molecule has 0 spiro atoms. The first-order chi connectivity index (χ1) is 12.2. The zero-order valence-electron chi connectivity index (χ0n) is 15.4. The lowest BCUT2D eigenvalue weighted by Gasteiger charge is -2.32. The molecule has 0 bridgehead atoms. The first-order valence-electron chi connectivity index (χ1n) is 8.56. The highest BCUT2D eigenvalue weighted by molar-refractivity contribution is 6.62. The summed E-state index contributed by atoms with van der Waals surface area (Å²) in [6.45, 7) is 8.15. The molecule has 5 nitrogen and oxygen atoms in total. The van der Waals surface area contributed by atoms with Crippen LogP contribution in [0.1, 0.15) is 33.3 Å². The Morgan fingerprint density at radius 2 is 1.35 bits per heavy atom. The minimum Gasteiger partial charge on any atom is -0.399 e. The molecule has 6 heteroatoms. The van der Waals surface area contributed by atoms with Gasteiger partial charge in [-0.3, -0.25) is 10.1 Å². The highest BCUT2D eigenvalue weighted by Crippen LogP contribution is 2.36. The summed E-state index contributed by atoms with van der Waals surface area (Å²) in [5.74, 6) is 0. The molecule has 1 fully saturated rings. The van der Waals surface area contributed by atoms with Gasteiger partial charge in [-0.25, -0.2) is 0 Å². The van der Waals surface area contributed by atoms with Crippen molar-refractivity contribution in [1.29, 1.82) is 0 Å². The Hall–Kier alpha value is -2.44. The molecular weight excluding hydrogens is 329 g/mol. The molecule has 1 heterocycles. The van der Waals surface area contributed by atoms with Gasteiger partial charge < -0.3 is 9.31 Å². The summed E-state index contributed by atoms with van der Waals surface area (Å²) in [5, 5.41) is 10.4. The third-order valence-corrected chi connectivity index (χ3v) is 5.07. The third kappa shape index (κ3) is 3.71. The summed E-state index contributed by atoms with van der Waals surface area (Å²) in [6, 6.07) is 15.7. The Kier molecular flexibility index (Phi) is 4.73.